The number of amides is 2. The summed E-state index contributed by atoms with van der Waals surface area (Å²) in [5.41, 5.74) is 1.04. The highest BCUT2D eigenvalue weighted by molar-refractivity contribution is 5.96. The molecule has 2 aliphatic heterocycles. The summed E-state index contributed by atoms with van der Waals surface area (Å²) in [4.78, 5) is 30.6. The fraction of sp³-hybridized carbons (Fsp3) is 0.355. The van der Waals surface area contributed by atoms with Crippen molar-refractivity contribution in [1.29, 1.82) is 0 Å². The van der Waals surface area contributed by atoms with Crippen LogP contribution in [0.25, 0.3) is 0 Å². The van der Waals surface area contributed by atoms with Gasteiger partial charge >= 0.3 is 6.18 Å². The molecule has 2 amide bonds. The number of carbonyl (C=O) groups excluding carboxylic acids is 2. The highest BCUT2D eigenvalue weighted by Gasteiger charge is 2.49. The van der Waals surface area contributed by atoms with Crippen LogP contribution in [0.2, 0.25) is 0 Å². The van der Waals surface area contributed by atoms with Gasteiger partial charge in [0, 0.05) is 32.2 Å². The second-order valence-electron chi connectivity index (χ2n) is 10.4. The van der Waals surface area contributed by atoms with Crippen LogP contribution in [-0.2, 0) is 27.7 Å². The fourth-order valence-electron chi connectivity index (χ4n) is 5.87. The van der Waals surface area contributed by atoms with Crippen molar-refractivity contribution in [3.8, 4) is 0 Å². The number of nitrogens with zero attached hydrogens (tertiary/aromatic N) is 2. The predicted octanol–water partition coefficient (Wildman–Crippen LogP) is 5.00. The summed E-state index contributed by atoms with van der Waals surface area (Å²) >= 11 is 0. The number of benzene rings is 3. The minimum atomic E-state index is -4.36. The lowest BCUT2D eigenvalue weighted by Gasteiger charge is -2.33. The van der Waals surface area contributed by atoms with E-state index in [0.29, 0.717) is 51.0 Å². The number of piperidine rings is 1. The quantitative estimate of drug-likeness (QED) is 0.463. The van der Waals surface area contributed by atoms with Gasteiger partial charge in [-0.2, -0.15) is 13.2 Å². The van der Waals surface area contributed by atoms with Gasteiger partial charge in [-0.1, -0.05) is 78.9 Å². The van der Waals surface area contributed by atoms with Crippen LogP contribution >= 0.6 is 0 Å². The highest BCUT2D eigenvalue weighted by atomic mass is 19.4. The third kappa shape index (κ3) is 5.86. The number of hydrogen-bond donors (Lipinski definition) is 1. The van der Waals surface area contributed by atoms with E-state index in [4.69, 9.17) is 0 Å². The first-order valence-corrected chi connectivity index (χ1v) is 13.3. The summed E-state index contributed by atoms with van der Waals surface area (Å²) in [6.45, 7) is 2.29. The van der Waals surface area contributed by atoms with Gasteiger partial charge in [0.05, 0.1) is 12.1 Å². The lowest BCUT2D eigenvalue weighted by molar-refractivity contribution is -0.137. The Morgan fingerprint density at radius 3 is 2.08 bits per heavy atom. The zero-order valence-electron chi connectivity index (χ0n) is 21.7. The Bertz CT molecular complexity index is 1250. The Balaban J connectivity index is 1.17. The molecular formula is C31H32F3N3O2. The first-order chi connectivity index (χ1) is 18.8. The normalized spacial score (nSPS) is 18.3. The first kappa shape index (κ1) is 26.9. The number of rotatable bonds is 7. The summed E-state index contributed by atoms with van der Waals surface area (Å²) in [6.07, 6.45) is -2.35. The molecule has 3 aromatic carbocycles. The zero-order chi connectivity index (χ0) is 27.5. The minimum Gasteiger partial charge on any atom is -0.352 e. The van der Waals surface area contributed by atoms with Crippen LogP contribution in [0.15, 0.2) is 84.9 Å². The molecule has 0 saturated carbocycles. The van der Waals surface area contributed by atoms with E-state index in [2.05, 4.69) is 10.2 Å². The van der Waals surface area contributed by atoms with Gasteiger partial charge in [0.25, 0.3) is 0 Å². The van der Waals surface area contributed by atoms with Crippen molar-refractivity contribution in [3.05, 3.63) is 107 Å². The van der Waals surface area contributed by atoms with E-state index in [1.165, 1.54) is 12.1 Å². The second kappa shape index (κ2) is 11.2. The Morgan fingerprint density at radius 2 is 1.49 bits per heavy atom. The van der Waals surface area contributed by atoms with Crippen molar-refractivity contribution in [1.82, 2.24) is 15.1 Å². The van der Waals surface area contributed by atoms with Gasteiger partial charge < -0.3 is 10.2 Å². The van der Waals surface area contributed by atoms with Gasteiger partial charge in [-0.25, -0.2) is 0 Å². The SMILES string of the molecule is O=C(CN1CCC(c2ccccc2)(c2ccccc2)C1=O)NC1CCN(Cc2cccc(C(F)(F)F)c2)CC1. The molecule has 8 heteroatoms. The molecule has 2 saturated heterocycles. The van der Waals surface area contributed by atoms with E-state index >= 15 is 0 Å². The molecule has 5 rings (SSSR count). The van der Waals surface area contributed by atoms with E-state index in [1.54, 1.807) is 11.0 Å². The zero-order valence-corrected chi connectivity index (χ0v) is 21.7. The van der Waals surface area contributed by atoms with E-state index < -0.39 is 17.2 Å². The maximum atomic E-state index is 13.8. The molecule has 2 fully saturated rings. The minimum absolute atomic E-state index is 0.00466. The molecule has 0 aromatic heterocycles. The van der Waals surface area contributed by atoms with Crippen molar-refractivity contribution >= 4 is 11.8 Å². The first-order valence-electron chi connectivity index (χ1n) is 13.3. The van der Waals surface area contributed by atoms with Crippen molar-refractivity contribution in [3.63, 3.8) is 0 Å². The summed E-state index contributed by atoms with van der Waals surface area (Å²) in [7, 11) is 0. The topological polar surface area (TPSA) is 52.7 Å². The average Bonchev–Trinajstić information content (AvgIpc) is 3.26. The van der Waals surface area contributed by atoms with Crippen molar-refractivity contribution in [2.24, 2.45) is 0 Å². The Hall–Kier alpha value is -3.65. The van der Waals surface area contributed by atoms with E-state index in [0.717, 1.165) is 17.2 Å². The van der Waals surface area contributed by atoms with Gasteiger partial charge in [-0.05, 0) is 42.0 Å². The summed E-state index contributed by atoms with van der Waals surface area (Å²) < 4.78 is 39.1. The van der Waals surface area contributed by atoms with Crippen LogP contribution in [0.3, 0.4) is 0 Å². The van der Waals surface area contributed by atoms with Crippen LogP contribution in [-0.4, -0.2) is 53.8 Å². The number of likely N-dealkylation sites (tertiary alicyclic amines) is 2. The summed E-state index contributed by atoms with van der Waals surface area (Å²) in [5, 5.41) is 3.08. The molecule has 2 heterocycles. The highest BCUT2D eigenvalue weighted by Crippen LogP contribution is 2.41. The Kier molecular flexibility index (Phi) is 7.75. The second-order valence-corrected chi connectivity index (χ2v) is 10.4. The van der Waals surface area contributed by atoms with Crippen molar-refractivity contribution in [2.75, 3.05) is 26.2 Å². The average molecular weight is 536 g/mol. The van der Waals surface area contributed by atoms with Crippen LogP contribution in [0.1, 0.15) is 41.5 Å². The molecule has 3 aromatic rings. The molecular weight excluding hydrogens is 503 g/mol. The van der Waals surface area contributed by atoms with Gasteiger partial charge in [0.1, 0.15) is 5.41 Å². The summed E-state index contributed by atoms with van der Waals surface area (Å²) in [6, 6.07) is 24.9. The molecule has 5 nitrogen and oxygen atoms in total. The maximum Gasteiger partial charge on any atom is 0.416 e. The van der Waals surface area contributed by atoms with Crippen LogP contribution < -0.4 is 5.32 Å². The number of carbonyl (C=O) groups is 2. The number of hydrogen-bond acceptors (Lipinski definition) is 3. The van der Waals surface area contributed by atoms with Crippen LogP contribution in [0, 0.1) is 0 Å². The summed E-state index contributed by atoms with van der Waals surface area (Å²) in [5.74, 6) is -0.248. The molecule has 0 aliphatic carbocycles. The molecule has 2 aliphatic rings. The molecule has 39 heavy (non-hydrogen) atoms. The van der Waals surface area contributed by atoms with E-state index in [-0.39, 0.29) is 24.4 Å². The van der Waals surface area contributed by atoms with Crippen molar-refractivity contribution in [2.45, 2.75) is 43.4 Å². The molecule has 204 valence electrons. The van der Waals surface area contributed by atoms with E-state index in [9.17, 15) is 22.8 Å². The molecule has 0 radical (unpaired) electrons. The van der Waals surface area contributed by atoms with Gasteiger partial charge in [0.15, 0.2) is 0 Å². The largest absolute Gasteiger partial charge is 0.416 e. The lowest BCUT2D eigenvalue weighted by atomic mass is 9.73. The van der Waals surface area contributed by atoms with Gasteiger partial charge in [-0.15, -0.1) is 0 Å². The monoisotopic (exact) mass is 535 g/mol. The van der Waals surface area contributed by atoms with E-state index in [1.807, 2.05) is 60.7 Å². The third-order valence-corrected chi connectivity index (χ3v) is 7.89. The van der Waals surface area contributed by atoms with Crippen LogP contribution in [0.5, 0.6) is 0 Å². The van der Waals surface area contributed by atoms with Crippen molar-refractivity contribution < 1.29 is 22.8 Å². The van der Waals surface area contributed by atoms with Crippen LogP contribution in [0.4, 0.5) is 13.2 Å². The molecule has 0 bridgehead atoms. The standard InChI is InChI=1S/C31H32F3N3O2/c32-31(33,34)26-13-7-8-23(20-26)21-36-17-14-27(15-18-36)35-28(38)22-37-19-16-30(29(37)39,24-9-3-1-4-10-24)25-11-5-2-6-12-25/h1-13,20,27H,14-19,21-22H2,(H,35,38). The molecule has 0 unspecified atom stereocenters. The third-order valence-electron chi connectivity index (χ3n) is 7.89. The molecule has 1 N–H and O–H groups in total. The Morgan fingerprint density at radius 1 is 0.872 bits per heavy atom. The smallest absolute Gasteiger partial charge is 0.352 e. The number of nitrogens with one attached hydrogen (secondary N) is 1. The predicted molar refractivity (Wildman–Crippen MR) is 143 cm³/mol. The van der Waals surface area contributed by atoms with Gasteiger partial charge in [0.2, 0.25) is 11.8 Å². The fourth-order valence-corrected chi connectivity index (χ4v) is 5.87. The number of halogens is 3. The number of alkyl halides is 3. The molecule has 0 spiro atoms. The maximum absolute atomic E-state index is 13.8. The Labute approximate surface area is 226 Å². The molecule has 0 atom stereocenters. The lowest BCUT2D eigenvalue weighted by Crippen LogP contribution is -2.48. The van der Waals surface area contributed by atoms with Gasteiger partial charge in [-0.3, -0.25) is 14.5 Å².